The molecule has 2 aromatic heterocycles. The minimum Gasteiger partial charge on any atom is -0.320 e. The SMILES string of the molecule is Cc1csc(Sc2ccc(NC(=O)c3nn(-c4ccccc4F)c(C)cc3=O)cc2)n1. The Kier molecular flexibility index (Phi) is 5.97. The van der Waals surface area contributed by atoms with Gasteiger partial charge in [-0.2, -0.15) is 5.10 Å². The molecule has 9 heteroatoms. The van der Waals surface area contributed by atoms with Gasteiger partial charge in [0.2, 0.25) is 5.43 Å². The molecule has 0 aliphatic heterocycles. The van der Waals surface area contributed by atoms with Gasteiger partial charge in [-0.05, 0) is 50.2 Å². The molecule has 1 N–H and O–H groups in total. The van der Waals surface area contributed by atoms with Gasteiger partial charge >= 0.3 is 0 Å². The number of halogens is 1. The van der Waals surface area contributed by atoms with Crippen molar-refractivity contribution in [3.05, 3.63) is 93.1 Å². The number of rotatable bonds is 5. The first-order chi connectivity index (χ1) is 14.9. The number of carbonyl (C=O) groups is 1. The minimum atomic E-state index is -0.661. The molecule has 0 aliphatic carbocycles. The molecule has 2 heterocycles. The second-order valence-electron chi connectivity index (χ2n) is 6.70. The highest BCUT2D eigenvalue weighted by Gasteiger charge is 2.17. The van der Waals surface area contributed by atoms with Gasteiger partial charge in [-0.1, -0.05) is 23.9 Å². The van der Waals surface area contributed by atoms with Crippen LogP contribution in [0.4, 0.5) is 10.1 Å². The summed E-state index contributed by atoms with van der Waals surface area (Å²) in [6.45, 7) is 3.57. The first-order valence-corrected chi connectivity index (χ1v) is 11.0. The molecule has 0 bridgehead atoms. The van der Waals surface area contributed by atoms with Crippen molar-refractivity contribution < 1.29 is 9.18 Å². The van der Waals surface area contributed by atoms with Crippen LogP contribution in [0.15, 0.2) is 74.0 Å². The topological polar surface area (TPSA) is 76.9 Å². The van der Waals surface area contributed by atoms with E-state index in [1.807, 2.05) is 24.4 Å². The third kappa shape index (κ3) is 4.73. The molecule has 0 radical (unpaired) electrons. The van der Waals surface area contributed by atoms with Crippen LogP contribution in [0.3, 0.4) is 0 Å². The Balaban J connectivity index is 1.55. The van der Waals surface area contributed by atoms with E-state index in [9.17, 15) is 14.0 Å². The molecule has 0 unspecified atom stereocenters. The number of amides is 1. The second-order valence-corrected chi connectivity index (χ2v) is 8.88. The Hall–Kier alpha value is -3.30. The van der Waals surface area contributed by atoms with Gasteiger partial charge in [-0.25, -0.2) is 14.1 Å². The van der Waals surface area contributed by atoms with Crippen molar-refractivity contribution in [3.63, 3.8) is 0 Å². The highest BCUT2D eigenvalue weighted by atomic mass is 32.2. The molecule has 0 aliphatic rings. The van der Waals surface area contributed by atoms with Crippen LogP contribution in [0.2, 0.25) is 0 Å². The van der Waals surface area contributed by atoms with E-state index < -0.39 is 17.2 Å². The molecule has 4 rings (SSSR count). The standard InChI is InChI=1S/C22H17FN4O2S2/c1-13-12-30-22(24-13)31-16-9-7-15(8-10-16)25-21(29)20-19(28)11-14(2)27(26-20)18-6-4-3-5-17(18)23/h3-12H,1-2H3,(H,25,29). The van der Waals surface area contributed by atoms with Gasteiger partial charge in [0.25, 0.3) is 5.91 Å². The second kappa shape index (κ2) is 8.83. The highest BCUT2D eigenvalue weighted by molar-refractivity contribution is 8.01. The number of hydrogen-bond donors (Lipinski definition) is 1. The van der Waals surface area contributed by atoms with Gasteiger partial charge in [0.15, 0.2) is 10.0 Å². The van der Waals surface area contributed by atoms with Crippen LogP contribution in [0.5, 0.6) is 0 Å². The van der Waals surface area contributed by atoms with Gasteiger partial charge in [-0.3, -0.25) is 9.59 Å². The molecule has 0 fully saturated rings. The molecule has 0 saturated heterocycles. The van der Waals surface area contributed by atoms with Gasteiger partial charge in [0.1, 0.15) is 11.5 Å². The Labute approximate surface area is 185 Å². The smallest absolute Gasteiger partial charge is 0.280 e. The summed E-state index contributed by atoms with van der Waals surface area (Å²) < 4.78 is 16.4. The molecule has 0 atom stereocenters. The van der Waals surface area contributed by atoms with Crippen molar-refractivity contribution in [1.29, 1.82) is 0 Å². The zero-order valence-corrected chi connectivity index (χ0v) is 18.3. The Morgan fingerprint density at radius 2 is 1.87 bits per heavy atom. The van der Waals surface area contributed by atoms with E-state index in [-0.39, 0.29) is 11.4 Å². The summed E-state index contributed by atoms with van der Waals surface area (Å²) in [5, 5.41) is 8.78. The van der Waals surface area contributed by atoms with Gasteiger partial charge in [0.05, 0.1) is 0 Å². The average Bonchev–Trinajstić information content (AvgIpc) is 3.15. The maximum absolute atomic E-state index is 14.2. The van der Waals surface area contributed by atoms with E-state index in [1.54, 1.807) is 42.5 Å². The number of carbonyl (C=O) groups excluding carboxylic acids is 1. The van der Waals surface area contributed by atoms with Crippen LogP contribution in [0.25, 0.3) is 5.69 Å². The van der Waals surface area contributed by atoms with Crippen molar-refractivity contribution in [1.82, 2.24) is 14.8 Å². The fraction of sp³-hybridized carbons (Fsp3) is 0.0909. The third-order valence-corrected chi connectivity index (χ3v) is 6.38. The fourth-order valence-electron chi connectivity index (χ4n) is 2.85. The maximum atomic E-state index is 14.2. The monoisotopic (exact) mass is 452 g/mol. The molecular weight excluding hydrogens is 435 g/mol. The van der Waals surface area contributed by atoms with Gasteiger partial charge in [0, 0.05) is 33.4 Å². The van der Waals surface area contributed by atoms with Crippen molar-refractivity contribution in [2.45, 2.75) is 23.1 Å². The number of hydrogen-bond acceptors (Lipinski definition) is 6. The number of benzene rings is 2. The summed E-state index contributed by atoms with van der Waals surface area (Å²) in [5.41, 5.74) is 1.23. The molecule has 1 amide bonds. The number of nitrogens with zero attached hydrogens (tertiary/aromatic N) is 3. The molecule has 6 nitrogen and oxygen atoms in total. The van der Waals surface area contributed by atoms with E-state index in [2.05, 4.69) is 15.4 Å². The lowest BCUT2D eigenvalue weighted by Gasteiger charge is -2.12. The molecule has 0 spiro atoms. The van der Waals surface area contributed by atoms with Gasteiger partial charge in [-0.15, -0.1) is 11.3 Å². The van der Waals surface area contributed by atoms with Crippen LogP contribution < -0.4 is 10.7 Å². The molecule has 156 valence electrons. The molecule has 0 saturated carbocycles. The van der Waals surface area contributed by atoms with Crippen molar-refractivity contribution in [2.24, 2.45) is 0 Å². The van der Waals surface area contributed by atoms with Crippen molar-refractivity contribution in [3.8, 4) is 5.69 Å². The van der Waals surface area contributed by atoms with Crippen LogP contribution in [-0.4, -0.2) is 20.7 Å². The predicted octanol–water partition coefficient (Wildman–Crippen LogP) is 4.85. The van der Waals surface area contributed by atoms with E-state index in [0.717, 1.165) is 14.9 Å². The number of aromatic nitrogens is 3. The summed E-state index contributed by atoms with van der Waals surface area (Å²) in [6, 6.07) is 14.5. The van der Waals surface area contributed by atoms with Crippen LogP contribution in [-0.2, 0) is 0 Å². The number of nitrogens with one attached hydrogen (secondary N) is 1. The summed E-state index contributed by atoms with van der Waals surface area (Å²) in [6.07, 6.45) is 0. The van der Waals surface area contributed by atoms with E-state index in [0.29, 0.717) is 11.4 Å². The Bertz CT molecular complexity index is 1320. The number of thiazole rings is 1. The largest absolute Gasteiger partial charge is 0.320 e. The number of anilines is 1. The van der Waals surface area contributed by atoms with Gasteiger partial charge < -0.3 is 5.32 Å². The number of aryl methyl sites for hydroxylation is 2. The highest BCUT2D eigenvalue weighted by Crippen LogP contribution is 2.30. The van der Waals surface area contributed by atoms with E-state index >= 15 is 0 Å². The van der Waals surface area contributed by atoms with E-state index in [4.69, 9.17) is 0 Å². The first-order valence-electron chi connectivity index (χ1n) is 9.28. The number of para-hydroxylation sites is 1. The van der Waals surface area contributed by atoms with Crippen LogP contribution >= 0.6 is 23.1 Å². The summed E-state index contributed by atoms with van der Waals surface area (Å²) in [5.74, 6) is -1.16. The molecule has 2 aromatic carbocycles. The van der Waals surface area contributed by atoms with Crippen LogP contribution in [0.1, 0.15) is 21.9 Å². The maximum Gasteiger partial charge on any atom is 0.280 e. The minimum absolute atomic E-state index is 0.160. The average molecular weight is 453 g/mol. The molecule has 4 aromatic rings. The molecular formula is C22H17FN4O2S2. The fourth-order valence-corrected chi connectivity index (χ4v) is 4.66. The Morgan fingerprint density at radius 1 is 1.13 bits per heavy atom. The lowest BCUT2D eigenvalue weighted by Crippen LogP contribution is -2.27. The quantitative estimate of drug-likeness (QED) is 0.469. The lowest BCUT2D eigenvalue weighted by molar-refractivity contribution is 0.101. The zero-order valence-electron chi connectivity index (χ0n) is 16.6. The lowest BCUT2D eigenvalue weighted by atomic mass is 10.2. The summed E-state index contributed by atoms with van der Waals surface area (Å²) in [7, 11) is 0. The van der Waals surface area contributed by atoms with Crippen LogP contribution in [0, 0.1) is 19.7 Å². The predicted molar refractivity (Wildman–Crippen MR) is 120 cm³/mol. The summed E-state index contributed by atoms with van der Waals surface area (Å²) >= 11 is 3.10. The zero-order chi connectivity index (χ0) is 22.0. The van der Waals surface area contributed by atoms with E-state index in [1.165, 1.54) is 34.6 Å². The van der Waals surface area contributed by atoms with Crippen molar-refractivity contribution in [2.75, 3.05) is 5.32 Å². The van der Waals surface area contributed by atoms with Crippen molar-refractivity contribution >= 4 is 34.7 Å². The molecule has 31 heavy (non-hydrogen) atoms. The Morgan fingerprint density at radius 3 is 2.55 bits per heavy atom. The summed E-state index contributed by atoms with van der Waals surface area (Å²) in [4.78, 5) is 30.4. The normalized spacial score (nSPS) is 10.8. The first kappa shape index (κ1) is 21.0. The third-order valence-electron chi connectivity index (χ3n) is 4.32.